The molecule has 0 saturated carbocycles. The third kappa shape index (κ3) is 5.40. The monoisotopic (exact) mass is 474 g/mol. The number of Topliss-reactive ketones (excluding diaryl/α,β-unsaturated/α-hetero) is 1. The summed E-state index contributed by atoms with van der Waals surface area (Å²) in [6.45, 7) is 3.11. The Labute approximate surface area is 201 Å². The van der Waals surface area contributed by atoms with Gasteiger partial charge in [-0.1, -0.05) is 18.2 Å². The zero-order chi connectivity index (χ0) is 25.2. The molecule has 8 heteroatoms. The van der Waals surface area contributed by atoms with E-state index in [-0.39, 0.29) is 18.6 Å². The van der Waals surface area contributed by atoms with Crippen molar-refractivity contribution in [3.05, 3.63) is 71.2 Å². The summed E-state index contributed by atoms with van der Waals surface area (Å²) < 4.78 is 27.3. The average molecular weight is 475 g/mol. The first-order valence-corrected chi connectivity index (χ1v) is 11.3. The number of pyridine rings is 2. The fraction of sp³-hybridized carbons (Fsp3) is 0.296. The highest BCUT2D eigenvalue weighted by Gasteiger charge is 2.47. The molecule has 0 spiro atoms. The zero-order valence-corrected chi connectivity index (χ0v) is 19.5. The number of ketones is 1. The second-order valence-corrected chi connectivity index (χ2v) is 8.80. The topological polar surface area (TPSA) is 87.0 Å². The van der Waals surface area contributed by atoms with Crippen molar-refractivity contribution in [2.45, 2.75) is 45.1 Å². The molecule has 1 aliphatic rings. The number of likely N-dealkylation sites (tertiary alicyclic amines) is 1. The summed E-state index contributed by atoms with van der Waals surface area (Å²) in [5.41, 5.74) is 4.86. The summed E-state index contributed by atoms with van der Waals surface area (Å²) in [5.74, 6) is -3.99. The number of fused-ring (bicyclic) bond motifs is 1. The van der Waals surface area contributed by atoms with Crippen LogP contribution in [-0.4, -0.2) is 45.1 Å². The van der Waals surface area contributed by atoms with Crippen LogP contribution in [0.15, 0.2) is 48.8 Å². The largest absolute Gasteiger partial charge is 0.320 e. The molecule has 0 N–H and O–H groups in total. The number of alkyl halides is 2. The summed E-state index contributed by atoms with van der Waals surface area (Å²) in [6, 6.07) is 11.7. The lowest BCUT2D eigenvalue weighted by atomic mass is 9.99. The van der Waals surface area contributed by atoms with Crippen LogP contribution in [0.2, 0.25) is 0 Å². The number of hydrogen-bond donors (Lipinski definition) is 0. The number of rotatable bonds is 6. The van der Waals surface area contributed by atoms with Gasteiger partial charge in [-0.05, 0) is 54.8 Å². The lowest BCUT2D eigenvalue weighted by molar-refractivity contribution is -0.132. The molecule has 1 fully saturated rings. The van der Waals surface area contributed by atoms with Crippen molar-refractivity contribution in [3.63, 3.8) is 0 Å². The maximum atomic E-state index is 13.7. The Kier molecular flexibility index (Phi) is 6.70. The van der Waals surface area contributed by atoms with E-state index >= 15 is 0 Å². The van der Waals surface area contributed by atoms with E-state index in [4.69, 9.17) is 5.26 Å². The first-order chi connectivity index (χ1) is 16.7. The Morgan fingerprint density at radius 1 is 1.20 bits per heavy atom. The molecule has 0 bridgehead atoms. The molecule has 1 saturated heterocycles. The molecule has 0 unspecified atom stereocenters. The first-order valence-electron chi connectivity index (χ1n) is 11.3. The second-order valence-electron chi connectivity index (χ2n) is 8.80. The van der Waals surface area contributed by atoms with Gasteiger partial charge < -0.3 is 4.90 Å². The van der Waals surface area contributed by atoms with Gasteiger partial charge in [-0.3, -0.25) is 19.6 Å². The van der Waals surface area contributed by atoms with Gasteiger partial charge in [0.2, 0.25) is 5.91 Å². The number of benzene rings is 1. The van der Waals surface area contributed by atoms with Crippen molar-refractivity contribution in [3.8, 4) is 6.07 Å². The van der Waals surface area contributed by atoms with Crippen LogP contribution < -0.4 is 0 Å². The van der Waals surface area contributed by atoms with E-state index in [2.05, 4.69) is 9.97 Å². The quantitative estimate of drug-likeness (QED) is 0.457. The van der Waals surface area contributed by atoms with Crippen LogP contribution in [0.4, 0.5) is 8.78 Å². The van der Waals surface area contributed by atoms with Crippen LogP contribution in [-0.2, 0) is 4.79 Å². The predicted octanol–water partition coefficient (Wildman–Crippen LogP) is 5.22. The number of carbonyl (C=O) groups excluding carboxylic acids is 2. The fourth-order valence-electron chi connectivity index (χ4n) is 4.22. The lowest BCUT2D eigenvalue weighted by Crippen LogP contribution is -2.36. The van der Waals surface area contributed by atoms with E-state index in [0.29, 0.717) is 16.5 Å². The summed E-state index contributed by atoms with van der Waals surface area (Å²) in [5, 5.41) is 9.75. The minimum atomic E-state index is -3.09. The minimum Gasteiger partial charge on any atom is -0.320 e. The number of nitrogens with zero attached hydrogens (tertiary/aromatic N) is 4. The maximum absolute atomic E-state index is 13.7. The lowest BCUT2D eigenvalue weighted by Gasteiger charge is -2.18. The summed E-state index contributed by atoms with van der Waals surface area (Å²) in [7, 11) is 0. The van der Waals surface area contributed by atoms with E-state index in [0.717, 1.165) is 27.3 Å². The Bertz CT molecular complexity index is 1360. The highest BCUT2D eigenvalue weighted by atomic mass is 19.3. The number of amides is 1. The molecule has 2 aromatic heterocycles. The van der Waals surface area contributed by atoms with Crippen molar-refractivity contribution in [1.29, 1.82) is 5.26 Å². The molecular formula is C27H24F2N4O2. The zero-order valence-electron chi connectivity index (χ0n) is 19.5. The number of aromatic nitrogens is 2. The second kappa shape index (κ2) is 9.71. The molecule has 4 rings (SSSR count). The van der Waals surface area contributed by atoms with Crippen molar-refractivity contribution in [2.24, 2.45) is 0 Å². The number of carbonyl (C=O) groups is 2. The number of aryl methyl sites for hydroxylation is 1. The number of nitriles is 1. The van der Waals surface area contributed by atoms with Gasteiger partial charge >= 0.3 is 0 Å². The molecule has 35 heavy (non-hydrogen) atoms. The van der Waals surface area contributed by atoms with Crippen LogP contribution in [0.1, 0.15) is 53.4 Å². The standard InChI is InChI=1S/C27H24F2N4O2/c1-17(20-5-3-18(2)32-15-20)11-19-4-6-24-23(12-19)22(9-10-31-24)25(34)7-8-26(35)33-16-27(28,29)13-21(33)14-30/h3-6,9-12,15,21H,7-8,13,16H2,1-2H3/b17-11+/t21-/m0/s1. The average Bonchev–Trinajstić information content (AvgIpc) is 3.17. The van der Waals surface area contributed by atoms with Gasteiger partial charge in [0.05, 0.1) is 18.1 Å². The first kappa shape index (κ1) is 24.1. The van der Waals surface area contributed by atoms with Crippen LogP contribution in [0.5, 0.6) is 0 Å². The molecule has 3 heterocycles. The highest BCUT2D eigenvalue weighted by molar-refractivity contribution is 6.08. The van der Waals surface area contributed by atoms with Gasteiger partial charge in [-0.25, -0.2) is 8.78 Å². The smallest absolute Gasteiger partial charge is 0.268 e. The van der Waals surface area contributed by atoms with Crippen LogP contribution in [0.25, 0.3) is 22.6 Å². The minimum absolute atomic E-state index is 0.147. The maximum Gasteiger partial charge on any atom is 0.268 e. The SMILES string of the molecule is C/C(=C\c1ccc2nccc(C(=O)CCC(=O)N3CC(F)(F)C[C@H]3C#N)c2c1)c1ccc(C)nc1. The number of allylic oxidation sites excluding steroid dienone is 1. The Morgan fingerprint density at radius 2 is 2.00 bits per heavy atom. The molecule has 0 aliphatic carbocycles. The van der Waals surface area contributed by atoms with Crippen molar-refractivity contribution >= 4 is 34.2 Å². The molecule has 178 valence electrons. The van der Waals surface area contributed by atoms with Gasteiger partial charge in [0, 0.05) is 48.3 Å². The van der Waals surface area contributed by atoms with E-state index in [1.807, 2.05) is 56.5 Å². The molecule has 1 aliphatic heterocycles. The molecule has 3 aromatic rings. The Hall–Kier alpha value is -3.99. The van der Waals surface area contributed by atoms with Crippen molar-refractivity contribution in [1.82, 2.24) is 14.9 Å². The molecular weight excluding hydrogens is 450 g/mol. The third-order valence-corrected chi connectivity index (χ3v) is 6.12. The van der Waals surface area contributed by atoms with Gasteiger partial charge in [0.15, 0.2) is 5.78 Å². The number of hydrogen-bond acceptors (Lipinski definition) is 5. The summed E-state index contributed by atoms with van der Waals surface area (Å²) >= 11 is 0. The van der Waals surface area contributed by atoms with Crippen LogP contribution >= 0.6 is 0 Å². The van der Waals surface area contributed by atoms with E-state index in [9.17, 15) is 18.4 Å². The van der Waals surface area contributed by atoms with Crippen molar-refractivity contribution < 1.29 is 18.4 Å². The molecule has 0 radical (unpaired) electrons. The van der Waals surface area contributed by atoms with Crippen LogP contribution in [0.3, 0.4) is 0 Å². The predicted molar refractivity (Wildman–Crippen MR) is 129 cm³/mol. The third-order valence-electron chi connectivity index (χ3n) is 6.12. The van der Waals surface area contributed by atoms with E-state index in [1.165, 1.54) is 6.20 Å². The fourth-order valence-corrected chi connectivity index (χ4v) is 4.22. The normalized spacial score (nSPS) is 17.4. The highest BCUT2D eigenvalue weighted by Crippen LogP contribution is 2.32. The number of halogens is 2. The molecule has 6 nitrogen and oxygen atoms in total. The van der Waals surface area contributed by atoms with Crippen LogP contribution in [0, 0.1) is 18.3 Å². The summed E-state index contributed by atoms with van der Waals surface area (Å²) in [4.78, 5) is 35.0. The molecule has 1 amide bonds. The van der Waals surface area contributed by atoms with Gasteiger partial charge in [0.25, 0.3) is 5.92 Å². The molecule has 1 atom stereocenters. The molecule has 1 aromatic carbocycles. The Morgan fingerprint density at radius 3 is 2.71 bits per heavy atom. The van der Waals surface area contributed by atoms with E-state index in [1.54, 1.807) is 12.1 Å². The summed E-state index contributed by atoms with van der Waals surface area (Å²) in [6.07, 6.45) is 4.27. The Balaban J connectivity index is 1.53. The van der Waals surface area contributed by atoms with E-state index < -0.39 is 30.8 Å². The van der Waals surface area contributed by atoms with Gasteiger partial charge in [-0.15, -0.1) is 0 Å². The van der Waals surface area contributed by atoms with Crippen molar-refractivity contribution in [2.75, 3.05) is 6.54 Å². The van der Waals surface area contributed by atoms with Gasteiger partial charge in [0.1, 0.15) is 6.04 Å². The van der Waals surface area contributed by atoms with Gasteiger partial charge in [-0.2, -0.15) is 5.26 Å².